The van der Waals surface area contributed by atoms with Crippen LogP contribution in [0.5, 0.6) is 5.75 Å². The molecule has 2 atom stereocenters. The minimum absolute atomic E-state index is 0.125. The Morgan fingerprint density at radius 2 is 2.09 bits per heavy atom. The lowest BCUT2D eigenvalue weighted by Gasteiger charge is -2.20. The van der Waals surface area contributed by atoms with Crippen molar-refractivity contribution in [3.63, 3.8) is 0 Å². The van der Waals surface area contributed by atoms with Gasteiger partial charge in [-0.05, 0) is 44.9 Å². The largest absolute Gasteiger partial charge is 0.487 e. The van der Waals surface area contributed by atoms with Crippen molar-refractivity contribution in [2.24, 2.45) is 0 Å². The number of hydrogen-bond donors (Lipinski definition) is 2. The number of para-hydroxylation sites is 1. The van der Waals surface area contributed by atoms with Crippen LogP contribution in [-0.2, 0) is 13.0 Å². The summed E-state index contributed by atoms with van der Waals surface area (Å²) >= 11 is 0. The molecule has 23 heavy (non-hydrogen) atoms. The number of furan rings is 1. The summed E-state index contributed by atoms with van der Waals surface area (Å²) in [6.45, 7) is 7.03. The zero-order chi connectivity index (χ0) is 16.4. The molecule has 124 valence electrons. The van der Waals surface area contributed by atoms with Gasteiger partial charge in [0.05, 0.1) is 6.26 Å². The van der Waals surface area contributed by atoms with Crippen molar-refractivity contribution < 1.29 is 14.3 Å². The third-order valence-electron chi connectivity index (χ3n) is 4.26. The van der Waals surface area contributed by atoms with Crippen LogP contribution in [-0.4, -0.2) is 16.7 Å². The maximum Gasteiger partial charge on any atom is 0.132 e. The smallest absolute Gasteiger partial charge is 0.132 e. The molecule has 3 rings (SSSR count). The SMILES string of the molecule is CC(CC(O)c1ccco1)NCc1cccc2c1OC(C)(C)C2. The molecule has 4 nitrogen and oxygen atoms in total. The van der Waals surface area contributed by atoms with Crippen LogP contribution in [0.2, 0.25) is 0 Å². The maximum atomic E-state index is 10.1. The fraction of sp³-hybridized carbons (Fsp3) is 0.474. The van der Waals surface area contributed by atoms with Crippen LogP contribution in [0.15, 0.2) is 41.0 Å². The van der Waals surface area contributed by atoms with Crippen LogP contribution >= 0.6 is 0 Å². The Balaban J connectivity index is 1.58. The Morgan fingerprint density at radius 1 is 1.26 bits per heavy atom. The van der Waals surface area contributed by atoms with Gasteiger partial charge < -0.3 is 19.6 Å². The number of aliphatic hydroxyl groups is 1. The minimum atomic E-state index is -0.579. The van der Waals surface area contributed by atoms with E-state index in [1.807, 2.05) is 0 Å². The number of benzene rings is 1. The molecule has 0 bridgehead atoms. The third kappa shape index (κ3) is 3.77. The summed E-state index contributed by atoms with van der Waals surface area (Å²) in [6, 6.07) is 10.1. The predicted octanol–water partition coefficient (Wildman–Crippen LogP) is 3.59. The van der Waals surface area contributed by atoms with Crippen molar-refractivity contribution in [3.05, 3.63) is 53.5 Å². The molecule has 0 radical (unpaired) electrons. The first-order valence-corrected chi connectivity index (χ1v) is 8.19. The highest BCUT2D eigenvalue weighted by Crippen LogP contribution is 2.37. The van der Waals surface area contributed by atoms with Gasteiger partial charge in [-0.1, -0.05) is 18.2 Å². The maximum absolute atomic E-state index is 10.1. The van der Waals surface area contributed by atoms with E-state index in [1.54, 1.807) is 18.4 Å². The van der Waals surface area contributed by atoms with Crippen LogP contribution in [0, 0.1) is 0 Å². The van der Waals surface area contributed by atoms with Gasteiger partial charge in [-0.15, -0.1) is 0 Å². The van der Waals surface area contributed by atoms with Crippen LogP contribution in [0.3, 0.4) is 0 Å². The second-order valence-electron chi connectivity index (χ2n) is 6.99. The Morgan fingerprint density at radius 3 is 2.83 bits per heavy atom. The lowest BCUT2D eigenvalue weighted by molar-refractivity contribution is 0.128. The van der Waals surface area contributed by atoms with E-state index >= 15 is 0 Å². The van der Waals surface area contributed by atoms with Gasteiger partial charge in [-0.3, -0.25) is 0 Å². The fourth-order valence-corrected chi connectivity index (χ4v) is 3.12. The number of aliphatic hydroxyl groups excluding tert-OH is 1. The highest BCUT2D eigenvalue weighted by atomic mass is 16.5. The molecule has 0 spiro atoms. The first-order chi connectivity index (χ1) is 10.9. The molecule has 2 unspecified atom stereocenters. The average Bonchev–Trinajstić information content (AvgIpc) is 3.10. The summed E-state index contributed by atoms with van der Waals surface area (Å²) in [7, 11) is 0. The Bertz CT molecular complexity index is 649. The van der Waals surface area contributed by atoms with Gasteiger partial charge in [0.25, 0.3) is 0 Å². The standard InChI is InChI=1S/C19H25NO3/c1-13(10-16(21)17-8-5-9-22-17)20-12-15-7-4-6-14-11-19(2,3)23-18(14)15/h4-9,13,16,20-21H,10-12H2,1-3H3. The Kier molecular flexibility index (Phi) is 4.46. The van der Waals surface area contributed by atoms with Gasteiger partial charge in [0.2, 0.25) is 0 Å². The third-order valence-corrected chi connectivity index (χ3v) is 4.26. The van der Waals surface area contributed by atoms with E-state index in [0.29, 0.717) is 12.2 Å². The second kappa shape index (κ2) is 6.38. The van der Waals surface area contributed by atoms with Crippen molar-refractivity contribution in [1.29, 1.82) is 0 Å². The van der Waals surface area contributed by atoms with E-state index in [-0.39, 0.29) is 11.6 Å². The Labute approximate surface area is 137 Å². The molecule has 2 N–H and O–H groups in total. The van der Waals surface area contributed by atoms with E-state index in [1.165, 1.54) is 11.1 Å². The highest BCUT2D eigenvalue weighted by Gasteiger charge is 2.31. The molecule has 1 aromatic carbocycles. The summed E-state index contributed by atoms with van der Waals surface area (Å²) < 4.78 is 11.3. The molecule has 1 aliphatic heterocycles. The van der Waals surface area contributed by atoms with E-state index in [4.69, 9.17) is 9.15 Å². The zero-order valence-electron chi connectivity index (χ0n) is 14.0. The fourth-order valence-electron chi connectivity index (χ4n) is 3.12. The van der Waals surface area contributed by atoms with Gasteiger partial charge in [0.1, 0.15) is 23.2 Å². The zero-order valence-corrected chi connectivity index (χ0v) is 14.0. The van der Waals surface area contributed by atoms with Crippen LogP contribution in [0.1, 0.15) is 50.2 Å². The van der Waals surface area contributed by atoms with E-state index in [2.05, 4.69) is 44.3 Å². The molecular weight excluding hydrogens is 290 g/mol. The van der Waals surface area contributed by atoms with Crippen LogP contribution in [0.25, 0.3) is 0 Å². The highest BCUT2D eigenvalue weighted by molar-refractivity contribution is 5.45. The molecular formula is C19H25NO3. The molecule has 0 saturated heterocycles. The van der Waals surface area contributed by atoms with Crippen LogP contribution in [0.4, 0.5) is 0 Å². The molecule has 1 aromatic heterocycles. The van der Waals surface area contributed by atoms with Gasteiger partial charge in [0, 0.05) is 24.6 Å². The molecule has 1 aliphatic rings. The lowest BCUT2D eigenvalue weighted by atomic mass is 10.0. The molecule has 0 aliphatic carbocycles. The number of ether oxygens (including phenoxy) is 1. The van der Waals surface area contributed by atoms with E-state index in [9.17, 15) is 5.11 Å². The van der Waals surface area contributed by atoms with Gasteiger partial charge >= 0.3 is 0 Å². The lowest BCUT2D eigenvalue weighted by Crippen LogP contribution is -2.28. The molecule has 0 fully saturated rings. The van der Waals surface area contributed by atoms with Crippen LogP contribution < -0.4 is 10.1 Å². The summed E-state index contributed by atoms with van der Waals surface area (Å²) in [5.41, 5.74) is 2.32. The van der Waals surface area contributed by atoms with E-state index in [0.717, 1.165) is 18.7 Å². The van der Waals surface area contributed by atoms with Gasteiger partial charge in [0.15, 0.2) is 0 Å². The minimum Gasteiger partial charge on any atom is -0.487 e. The summed E-state index contributed by atoms with van der Waals surface area (Å²) in [5, 5.41) is 13.6. The van der Waals surface area contributed by atoms with E-state index < -0.39 is 6.10 Å². The first-order valence-electron chi connectivity index (χ1n) is 8.19. The molecule has 0 amide bonds. The summed E-state index contributed by atoms with van der Waals surface area (Å²) in [5.74, 6) is 1.63. The first kappa shape index (κ1) is 16.1. The van der Waals surface area contributed by atoms with Crippen molar-refractivity contribution in [2.75, 3.05) is 0 Å². The molecule has 0 saturated carbocycles. The van der Waals surface area contributed by atoms with Crippen molar-refractivity contribution in [2.45, 2.75) is 57.9 Å². The van der Waals surface area contributed by atoms with Gasteiger partial charge in [-0.25, -0.2) is 0 Å². The summed E-state index contributed by atoms with van der Waals surface area (Å²) in [4.78, 5) is 0. The average molecular weight is 315 g/mol. The number of hydrogen-bond acceptors (Lipinski definition) is 4. The quantitative estimate of drug-likeness (QED) is 0.855. The topological polar surface area (TPSA) is 54.6 Å². The summed E-state index contributed by atoms with van der Waals surface area (Å²) in [6.07, 6.45) is 2.56. The van der Waals surface area contributed by atoms with Gasteiger partial charge in [-0.2, -0.15) is 0 Å². The predicted molar refractivity (Wildman–Crippen MR) is 89.4 cm³/mol. The molecule has 4 heteroatoms. The van der Waals surface area contributed by atoms with Crippen molar-refractivity contribution >= 4 is 0 Å². The van der Waals surface area contributed by atoms with Crippen molar-refractivity contribution in [1.82, 2.24) is 5.32 Å². The monoisotopic (exact) mass is 315 g/mol. The van der Waals surface area contributed by atoms with Crippen molar-refractivity contribution in [3.8, 4) is 5.75 Å². The Hall–Kier alpha value is -1.78. The number of fused-ring (bicyclic) bond motifs is 1. The molecule has 2 aromatic rings. The second-order valence-corrected chi connectivity index (χ2v) is 6.99. The normalized spacial score (nSPS) is 18.3. The molecule has 2 heterocycles. The number of nitrogens with one attached hydrogen (secondary N) is 1. The number of rotatable bonds is 6.